The smallest absolute Gasteiger partial charge is 0.225 e. The van der Waals surface area contributed by atoms with E-state index in [2.05, 4.69) is 0 Å². The highest BCUT2D eigenvalue weighted by Gasteiger charge is 2.35. The third kappa shape index (κ3) is 4.16. The topological polar surface area (TPSA) is 64.8 Å². The first-order valence-electron chi connectivity index (χ1n) is 7.27. The van der Waals surface area contributed by atoms with E-state index in [1.807, 2.05) is 18.7 Å². The Hall–Kier alpha value is -0.650. The summed E-state index contributed by atoms with van der Waals surface area (Å²) in [7, 11) is 0. The minimum absolute atomic E-state index is 0.0556. The number of carbonyl (C=O) groups is 1. The zero-order valence-electron chi connectivity index (χ0n) is 12.1. The van der Waals surface area contributed by atoms with Gasteiger partial charge >= 0.3 is 0 Å². The van der Waals surface area contributed by atoms with E-state index >= 15 is 0 Å². The van der Waals surface area contributed by atoms with Gasteiger partial charge in [-0.2, -0.15) is 0 Å². The maximum atomic E-state index is 12.4. The van der Waals surface area contributed by atoms with Crippen molar-refractivity contribution in [3.05, 3.63) is 0 Å². The first kappa shape index (κ1) is 14.8. The molecule has 0 spiro atoms. The van der Waals surface area contributed by atoms with Crippen LogP contribution in [-0.4, -0.2) is 54.9 Å². The number of rotatable bonds is 3. The van der Waals surface area contributed by atoms with Crippen molar-refractivity contribution in [3.63, 3.8) is 0 Å². The SMILES string of the molecule is CC1(C)CN(C(=O)CC2CCCCO2)CC(CN)O1. The third-order valence-corrected chi connectivity index (χ3v) is 3.77. The molecule has 0 aromatic carbocycles. The number of nitrogens with two attached hydrogens (primary N) is 1. The van der Waals surface area contributed by atoms with Gasteiger partial charge in [0.2, 0.25) is 5.91 Å². The number of hydrogen-bond donors (Lipinski definition) is 1. The maximum Gasteiger partial charge on any atom is 0.225 e. The number of ether oxygens (including phenoxy) is 2. The summed E-state index contributed by atoms with van der Waals surface area (Å²) in [5.41, 5.74) is 5.37. The lowest BCUT2D eigenvalue weighted by Crippen LogP contribution is -2.56. The average molecular weight is 270 g/mol. The van der Waals surface area contributed by atoms with E-state index < -0.39 is 0 Å². The molecule has 2 rings (SSSR count). The van der Waals surface area contributed by atoms with E-state index in [4.69, 9.17) is 15.2 Å². The minimum Gasteiger partial charge on any atom is -0.378 e. The Balaban J connectivity index is 1.89. The highest BCUT2D eigenvalue weighted by atomic mass is 16.5. The molecule has 2 saturated heterocycles. The van der Waals surface area contributed by atoms with E-state index in [1.165, 1.54) is 0 Å². The molecule has 2 atom stereocenters. The highest BCUT2D eigenvalue weighted by Crippen LogP contribution is 2.23. The summed E-state index contributed by atoms with van der Waals surface area (Å²) in [4.78, 5) is 14.3. The normalized spacial score (nSPS) is 31.2. The lowest BCUT2D eigenvalue weighted by atomic mass is 10.0. The minimum atomic E-state index is -0.314. The second-order valence-corrected chi connectivity index (χ2v) is 6.20. The van der Waals surface area contributed by atoms with E-state index in [0.717, 1.165) is 25.9 Å². The van der Waals surface area contributed by atoms with Crippen LogP contribution in [0.5, 0.6) is 0 Å². The third-order valence-electron chi connectivity index (χ3n) is 3.77. The van der Waals surface area contributed by atoms with Gasteiger partial charge in [0.05, 0.1) is 24.2 Å². The van der Waals surface area contributed by atoms with Gasteiger partial charge in [-0.3, -0.25) is 4.79 Å². The van der Waals surface area contributed by atoms with Gasteiger partial charge < -0.3 is 20.1 Å². The van der Waals surface area contributed by atoms with Crippen LogP contribution in [0.2, 0.25) is 0 Å². The molecule has 19 heavy (non-hydrogen) atoms. The summed E-state index contributed by atoms with van der Waals surface area (Å²) >= 11 is 0. The summed E-state index contributed by atoms with van der Waals surface area (Å²) in [5.74, 6) is 0.168. The molecule has 0 radical (unpaired) electrons. The van der Waals surface area contributed by atoms with E-state index in [9.17, 15) is 4.79 Å². The molecule has 2 fully saturated rings. The van der Waals surface area contributed by atoms with Gasteiger partial charge in [-0.1, -0.05) is 0 Å². The van der Waals surface area contributed by atoms with Crippen LogP contribution >= 0.6 is 0 Å². The van der Waals surface area contributed by atoms with Crippen LogP contribution in [-0.2, 0) is 14.3 Å². The van der Waals surface area contributed by atoms with Crippen molar-refractivity contribution in [3.8, 4) is 0 Å². The zero-order valence-corrected chi connectivity index (χ0v) is 12.1. The number of nitrogens with zero attached hydrogens (tertiary/aromatic N) is 1. The Kier molecular flexibility index (Phi) is 4.81. The van der Waals surface area contributed by atoms with E-state index in [-0.39, 0.29) is 23.7 Å². The zero-order chi connectivity index (χ0) is 13.9. The molecule has 0 aliphatic carbocycles. The Morgan fingerprint density at radius 2 is 2.16 bits per heavy atom. The molecule has 110 valence electrons. The molecule has 5 nitrogen and oxygen atoms in total. The molecule has 0 aromatic rings. The summed E-state index contributed by atoms with van der Waals surface area (Å²) in [6.07, 6.45) is 3.82. The Bertz CT molecular complexity index is 314. The monoisotopic (exact) mass is 270 g/mol. The van der Waals surface area contributed by atoms with Crippen molar-refractivity contribution in [2.45, 2.75) is 57.3 Å². The molecule has 2 aliphatic rings. The number of carbonyl (C=O) groups excluding carboxylic acids is 1. The van der Waals surface area contributed by atoms with Crippen molar-refractivity contribution in [1.29, 1.82) is 0 Å². The van der Waals surface area contributed by atoms with Gasteiger partial charge in [0.25, 0.3) is 0 Å². The molecule has 0 bridgehead atoms. The molecule has 2 aliphatic heterocycles. The quantitative estimate of drug-likeness (QED) is 0.828. The van der Waals surface area contributed by atoms with Gasteiger partial charge in [-0.05, 0) is 33.1 Å². The fraction of sp³-hybridized carbons (Fsp3) is 0.929. The van der Waals surface area contributed by atoms with Crippen molar-refractivity contribution in [2.75, 3.05) is 26.2 Å². The molecule has 0 saturated carbocycles. The lowest BCUT2D eigenvalue weighted by molar-refractivity contribution is -0.162. The van der Waals surface area contributed by atoms with Crippen LogP contribution in [0.1, 0.15) is 39.5 Å². The second kappa shape index (κ2) is 6.20. The van der Waals surface area contributed by atoms with Crippen LogP contribution in [0.3, 0.4) is 0 Å². The molecule has 5 heteroatoms. The molecule has 0 aromatic heterocycles. The van der Waals surface area contributed by atoms with Crippen molar-refractivity contribution in [1.82, 2.24) is 4.90 Å². The molecular weight excluding hydrogens is 244 g/mol. The van der Waals surface area contributed by atoms with Gasteiger partial charge in [-0.15, -0.1) is 0 Å². The summed E-state index contributed by atoms with van der Waals surface area (Å²) in [6, 6.07) is 0. The van der Waals surface area contributed by atoms with Crippen molar-refractivity contribution < 1.29 is 14.3 Å². The maximum absolute atomic E-state index is 12.4. The Morgan fingerprint density at radius 1 is 1.37 bits per heavy atom. The molecule has 1 amide bonds. The van der Waals surface area contributed by atoms with Crippen molar-refractivity contribution >= 4 is 5.91 Å². The first-order chi connectivity index (χ1) is 9.00. The van der Waals surface area contributed by atoms with Crippen LogP contribution in [0.25, 0.3) is 0 Å². The second-order valence-electron chi connectivity index (χ2n) is 6.20. The fourth-order valence-electron chi connectivity index (χ4n) is 2.90. The largest absolute Gasteiger partial charge is 0.378 e. The predicted molar refractivity (Wildman–Crippen MR) is 72.8 cm³/mol. The van der Waals surface area contributed by atoms with Gasteiger partial charge in [0.15, 0.2) is 0 Å². The molecule has 2 heterocycles. The fourth-order valence-corrected chi connectivity index (χ4v) is 2.90. The summed E-state index contributed by atoms with van der Waals surface area (Å²) in [5, 5.41) is 0. The van der Waals surface area contributed by atoms with Gasteiger partial charge in [0, 0.05) is 26.2 Å². The molecule has 2 N–H and O–H groups in total. The Morgan fingerprint density at radius 3 is 2.79 bits per heavy atom. The average Bonchev–Trinajstić information content (AvgIpc) is 2.38. The standard InChI is InChI=1S/C14H26N2O3/c1-14(2)10-16(9-12(8-15)19-14)13(17)7-11-5-3-4-6-18-11/h11-12H,3-10,15H2,1-2H3. The highest BCUT2D eigenvalue weighted by molar-refractivity contribution is 5.77. The van der Waals surface area contributed by atoms with E-state index in [1.54, 1.807) is 0 Å². The summed E-state index contributed by atoms with van der Waals surface area (Å²) in [6.45, 7) is 6.49. The van der Waals surface area contributed by atoms with Crippen LogP contribution in [0, 0.1) is 0 Å². The van der Waals surface area contributed by atoms with Gasteiger partial charge in [0.1, 0.15) is 0 Å². The number of morpholine rings is 1. The van der Waals surface area contributed by atoms with Gasteiger partial charge in [-0.25, -0.2) is 0 Å². The predicted octanol–water partition coefficient (Wildman–Crippen LogP) is 0.910. The first-order valence-corrected chi connectivity index (χ1v) is 7.27. The number of hydrogen-bond acceptors (Lipinski definition) is 4. The molecular formula is C14H26N2O3. The van der Waals surface area contributed by atoms with E-state index in [0.29, 0.717) is 26.1 Å². The van der Waals surface area contributed by atoms with Crippen LogP contribution in [0.4, 0.5) is 0 Å². The number of amides is 1. The molecule has 2 unspecified atom stereocenters. The lowest BCUT2D eigenvalue weighted by Gasteiger charge is -2.43. The summed E-state index contributed by atoms with van der Waals surface area (Å²) < 4.78 is 11.5. The van der Waals surface area contributed by atoms with Crippen LogP contribution in [0.15, 0.2) is 0 Å². The Labute approximate surface area is 115 Å². The van der Waals surface area contributed by atoms with Crippen LogP contribution < -0.4 is 5.73 Å². The van der Waals surface area contributed by atoms with Crippen molar-refractivity contribution in [2.24, 2.45) is 5.73 Å².